The number of alkyl halides is 3. The van der Waals surface area contributed by atoms with E-state index in [9.17, 15) is 22.8 Å². The number of nitrogens with one attached hydrogen (secondary N) is 3. The zero-order chi connectivity index (χ0) is 22.4. The fourth-order valence-corrected chi connectivity index (χ4v) is 3.40. The normalized spacial score (nSPS) is 13.7. The van der Waals surface area contributed by atoms with Crippen LogP contribution in [-0.4, -0.2) is 31.6 Å². The average molecular weight is 434 g/mol. The van der Waals surface area contributed by atoms with Crippen molar-refractivity contribution in [1.82, 2.24) is 5.32 Å². The molecule has 3 amide bonds. The molecule has 0 aromatic heterocycles. The number of amides is 3. The van der Waals surface area contributed by atoms with Gasteiger partial charge in [0.15, 0.2) is 0 Å². The third kappa shape index (κ3) is 5.90. The summed E-state index contributed by atoms with van der Waals surface area (Å²) >= 11 is 0. The maximum atomic E-state index is 12.7. The Hall–Kier alpha value is -3.23. The predicted octanol–water partition coefficient (Wildman–Crippen LogP) is 5.09. The van der Waals surface area contributed by atoms with Gasteiger partial charge in [-0.3, -0.25) is 4.79 Å². The van der Waals surface area contributed by atoms with Crippen LogP contribution in [0.3, 0.4) is 0 Å². The van der Waals surface area contributed by atoms with Crippen molar-refractivity contribution in [2.45, 2.75) is 32.4 Å². The summed E-state index contributed by atoms with van der Waals surface area (Å²) in [6.07, 6.45) is -1.51. The number of hydrogen-bond acceptors (Lipinski definition) is 3. The van der Waals surface area contributed by atoms with Crippen LogP contribution in [-0.2, 0) is 6.18 Å². The molecule has 1 aliphatic rings. The second-order valence-electron chi connectivity index (χ2n) is 7.34. The van der Waals surface area contributed by atoms with E-state index in [1.165, 1.54) is 12.1 Å². The molecule has 9 heteroatoms. The first kappa shape index (κ1) is 22.5. The number of nitrogens with zero attached hydrogens (tertiary/aromatic N) is 1. The van der Waals surface area contributed by atoms with Gasteiger partial charge in [0.1, 0.15) is 0 Å². The zero-order valence-corrected chi connectivity index (χ0v) is 17.2. The number of halogens is 3. The van der Waals surface area contributed by atoms with Gasteiger partial charge in [0.05, 0.1) is 11.1 Å². The average Bonchev–Trinajstić information content (AvgIpc) is 3.26. The molecule has 0 saturated carbocycles. The van der Waals surface area contributed by atoms with Crippen molar-refractivity contribution in [3.8, 4) is 0 Å². The topological polar surface area (TPSA) is 73.5 Å². The van der Waals surface area contributed by atoms with Crippen LogP contribution in [0.25, 0.3) is 0 Å². The van der Waals surface area contributed by atoms with Gasteiger partial charge in [0, 0.05) is 36.7 Å². The maximum Gasteiger partial charge on any atom is 0.416 e. The van der Waals surface area contributed by atoms with E-state index in [0.717, 1.165) is 50.2 Å². The van der Waals surface area contributed by atoms with E-state index in [-0.39, 0.29) is 11.6 Å². The molecular weight excluding hydrogens is 409 g/mol. The van der Waals surface area contributed by atoms with Gasteiger partial charge in [0.25, 0.3) is 5.91 Å². The van der Waals surface area contributed by atoms with Crippen LogP contribution in [0.4, 0.5) is 35.0 Å². The van der Waals surface area contributed by atoms with E-state index in [0.29, 0.717) is 17.8 Å². The Kier molecular flexibility index (Phi) is 7.04. The van der Waals surface area contributed by atoms with E-state index >= 15 is 0 Å². The molecule has 3 rings (SSSR count). The highest BCUT2D eigenvalue weighted by molar-refractivity contribution is 6.04. The largest absolute Gasteiger partial charge is 0.416 e. The SMILES string of the molecule is CCCNC(=O)c1cc(NC(=O)Nc2ccc(C(F)(F)F)cc2)ccc1N1CCCC1. The Bertz CT molecular complexity index is 923. The van der Waals surface area contributed by atoms with Crippen LogP contribution in [0.1, 0.15) is 42.1 Å². The van der Waals surface area contributed by atoms with Crippen molar-refractivity contribution >= 4 is 29.0 Å². The molecule has 1 saturated heterocycles. The second-order valence-corrected chi connectivity index (χ2v) is 7.34. The summed E-state index contributed by atoms with van der Waals surface area (Å²) in [5.41, 5.74) is 1.13. The Balaban J connectivity index is 1.72. The lowest BCUT2D eigenvalue weighted by Crippen LogP contribution is -2.28. The first-order valence-electron chi connectivity index (χ1n) is 10.2. The second kappa shape index (κ2) is 9.72. The molecule has 166 valence electrons. The summed E-state index contributed by atoms with van der Waals surface area (Å²) in [7, 11) is 0. The summed E-state index contributed by atoms with van der Waals surface area (Å²) in [4.78, 5) is 27.1. The van der Waals surface area contributed by atoms with Crippen LogP contribution < -0.4 is 20.9 Å². The van der Waals surface area contributed by atoms with Gasteiger partial charge < -0.3 is 20.9 Å². The van der Waals surface area contributed by atoms with Gasteiger partial charge in [-0.2, -0.15) is 13.2 Å². The lowest BCUT2D eigenvalue weighted by molar-refractivity contribution is -0.137. The fraction of sp³-hybridized carbons (Fsp3) is 0.364. The predicted molar refractivity (Wildman–Crippen MR) is 115 cm³/mol. The van der Waals surface area contributed by atoms with Crippen molar-refractivity contribution in [3.63, 3.8) is 0 Å². The van der Waals surface area contributed by atoms with Gasteiger partial charge in [0.2, 0.25) is 0 Å². The summed E-state index contributed by atoms with van der Waals surface area (Å²) in [6.45, 7) is 4.25. The number of rotatable bonds is 6. The van der Waals surface area contributed by atoms with Crippen molar-refractivity contribution in [2.75, 3.05) is 35.2 Å². The number of urea groups is 1. The molecule has 0 aliphatic carbocycles. The molecule has 0 radical (unpaired) electrons. The van der Waals surface area contributed by atoms with E-state index < -0.39 is 17.8 Å². The van der Waals surface area contributed by atoms with Gasteiger partial charge in [-0.25, -0.2) is 4.79 Å². The molecule has 1 aliphatic heterocycles. The minimum Gasteiger partial charge on any atom is -0.371 e. The summed E-state index contributed by atoms with van der Waals surface area (Å²) in [5, 5.41) is 7.99. The highest BCUT2D eigenvalue weighted by Gasteiger charge is 2.30. The number of anilines is 3. The van der Waals surface area contributed by atoms with Gasteiger partial charge >= 0.3 is 12.2 Å². The van der Waals surface area contributed by atoms with Gasteiger partial charge in [-0.15, -0.1) is 0 Å². The van der Waals surface area contributed by atoms with Crippen molar-refractivity contribution in [3.05, 3.63) is 53.6 Å². The van der Waals surface area contributed by atoms with E-state index in [1.807, 2.05) is 6.92 Å². The molecule has 2 aromatic rings. The zero-order valence-electron chi connectivity index (χ0n) is 17.2. The van der Waals surface area contributed by atoms with E-state index in [1.54, 1.807) is 18.2 Å². The standard InChI is InChI=1S/C22H25F3N4O2/c1-2-11-26-20(30)18-14-17(9-10-19(18)29-12-3-4-13-29)28-21(31)27-16-7-5-15(6-8-16)22(23,24)25/h5-10,14H,2-4,11-13H2,1H3,(H,26,30)(H2,27,28,31). The molecule has 0 unspecified atom stereocenters. The summed E-state index contributed by atoms with van der Waals surface area (Å²) < 4.78 is 38.0. The number of carbonyl (C=O) groups is 2. The monoisotopic (exact) mass is 434 g/mol. The van der Waals surface area contributed by atoms with Crippen molar-refractivity contribution in [1.29, 1.82) is 0 Å². The van der Waals surface area contributed by atoms with E-state index in [2.05, 4.69) is 20.9 Å². The fourth-order valence-electron chi connectivity index (χ4n) is 3.40. The molecule has 0 spiro atoms. The Morgan fingerprint density at radius 3 is 2.19 bits per heavy atom. The highest BCUT2D eigenvalue weighted by atomic mass is 19.4. The lowest BCUT2D eigenvalue weighted by atomic mass is 10.1. The van der Waals surface area contributed by atoms with Gasteiger partial charge in [-0.1, -0.05) is 6.92 Å². The smallest absolute Gasteiger partial charge is 0.371 e. The summed E-state index contributed by atoms with van der Waals surface area (Å²) in [5.74, 6) is -0.212. The Morgan fingerprint density at radius 2 is 1.58 bits per heavy atom. The third-order valence-corrected chi connectivity index (χ3v) is 4.95. The van der Waals surface area contributed by atoms with Crippen LogP contribution in [0, 0.1) is 0 Å². The summed E-state index contributed by atoms with van der Waals surface area (Å²) in [6, 6.07) is 8.67. The number of benzene rings is 2. The molecule has 1 heterocycles. The van der Waals surface area contributed by atoms with Crippen LogP contribution in [0.15, 0.2) is 42.5 Å². The van der Waals surface area contributed by atoms with E-state index in [4.69, 9.17) is 0 Å². The first-order chi connectivity index (χ1) is 14.8. The molecular formula is C22H25F3N4O2. The van der Waals surface area contributed by atoms with Crippen LogP contribution in [0.2, 0.25) is 0 Å². The minimum absolute atomic E-state index is 0.212. The molecule has 31 heavy (non-hydrogen) atoms. The van der Waals surface area contributed by atoms with Gasteiger partial charge in [-0.05, 0) is 61.7 Å². The minimum atomic E-state index is -4.44. The number of carbonyl (C=O) groups excluding carboxylic acids is 2. The first-order valence-corrected chi connectivity index (χ1v) is 10.2. The lowest BCUT2D eigenvalue weighted by Gasteiger charge is -2.22. The van der Waals surface area contributed by atoms with Crippen LogP contribution in [0.5, 0.6) is 0 Å². The molecule has 1 fully saturated rings. The van der Waals surface area contributed by atoms with Crippen molar-refractivity contribution < 1.29 is 22.8 Å². The molecule has 3 N–H and O–H groups in total. The van der Waals surface area contributed by atoms with Crippen LogP contribution >= 0.6 is 0 Å². The highest BCUT2D eigenvalue weighted by Crippen LogP contribution is 2.30. The molecule has 2 aromatic carbocycles. The molecule has 0 bridgehead atoms. The van der Waals surface area contributed by atoms with Crippen molar-refractivity contribution in [2.24, 2.45) is 0 Å². The third-order valence-electron chi connectivity index (χ3n) is 4.95. The maximum absolute atomic E-state index is 12.7. The number of hydrogen-bond donors (Lipinski definition) is 3. The Morgan fingerprint density at radius 1 is 0.968 bits per heavy atom. The Labute approximate surface area is 178 Å². The quantitative estimate of drug-likeness (QED) is 0.593. The molecule has 6 nitrogen and oxygen atoms in total. The molecule has 0 atom stereocenters.